The number of nitrogens with two attached hydrogens (primary N) is 1. The number of nitrogens with one attached hydrogen (secondary N) is 1. The summed E-state index contributed by atoms with van der Waals surface area (Å²) in [6, 6.07) is 9.60. The van der Waals surface area contributed by atoms with E-state index >= 15 is 0 Å². The minimum atomic E-state index is -0.317. The van der Waals surface area contributed by atoms with Crippen LogP contribution in [0.25, 0.3) is 0 Å². The molecule has 0 bridgehead atoms. The highest BCUT2D eigenvalue weighted by Gasteiger charge is 2.06. The highest BCUT2D eigenvalue weighted by atomic mass is 32.1. The van der Waals surface area contributed by atoms with Gasteiger partial charge in [-0.05, 0) is 30.3 Å². The van der Waals surface area contributed by atoms with Crippen molar-refractivity contribution in [2.75, 3.05) is 5.32 Å². The van der Waals surface area contributed by atoms with Crippen molar-refractivity contribution in [1.82, 2.24) is 4.98 Å². The normalized spacial score (nSPS) is 9.94. The van der Waals surface area contributed by atoms with Gasteiger partial charge in [0, 0.05) is 11.9 Å². The Morgan fingerprint density at radius 2 is 2.12 bits per heavy atom. The first-order valence-electron chi connectivity index (χ1n) is 4.94. The molecule has 0 amide bonds. The van der Waals surface area contributed by atoms with E-state index in [1.54, 1.807) is 30.5 Å². The van der Waals surface area contributed by atoms with Crippen molar-refractivity contribution < 1.29 is 4.39 Å². The first-order valence-corrected chi connectivity index (χ1v) is 5.35. The molecule has 0 unspecified atom stereocenters. The standard InChI is InChI=1S/C12H10FN3S/c13-8-3-1-4-9(7-8)16-12-10(11(14)17)5-2-6-15-12/h1-7H,(H2,14,17)(H,15,16). The van der Waals surface area contributed by atoms with Gasteiger partial charge in [-0.3, -0.25) is 0 Å². The Hall–Kier alpha value is -2.01. The first kappa shape index (κ1) is 11.5. The summed E-state index contributed by atoms with van der Waals surface area (Å²) in [5.41, 5.74) is 6.81. The Bertz CT molecular complexity index is 557. The molecule has 0 saturated heterocycles. The lowest BCUT2D eigenvalue weighted by Gasteiger charge is -2.09. The van der Waals surface area contributed by atoms with Crippen LogP contribution in [-0.4, -0.2) is 9.97 Å². The molecule has 0 aliphatic heterocycles. The molecular weight excluding hydrogens is 237 g/mol. The van der Waals surface area contributed by atoms with Gasteiger partial charge in [0.1, 0.15) is 16.6 Å². The van der Waals surface area contributed by atoms with Gasteiger partial charge in [0.25, 0.3) is 0 Å². The Morgan fingerprint density at radius 3 is 2.82 bits per heavy atom. The second-order valence-electron chi connectivity index (χ2n) is 3.40. The van der Waals surface area contributed by atoms with Crippen molar-refractivity contribution in [3.05, 3.63) is 54.0 Å². The predicted octanol–water partition coefficient (Wildman–Crippen LogP) is 2.60. The van der Waals surface area contributed by atoms with E-state index in [1.807, 2.05) is 0 Å². The van der Waals surface area contributed by atoms with E-state index in [2.05, 4.69) is 10.3 Å². The summed E-state index contributed by atoms with van der Waals surface area (Å²) in [4.78, 5) is 4.37. The number of hydrogen-bond acceptors (Lipinski definition) is 3. The summed E-state index contributed by atoms with van der Waals surface area (Å²) in [5, 5.41) is 2.98. The predicted molar refractivity (Wildman–Crippen MR) is 69.8 cm³/mol. The fourth-order valence-electron chi connectivity index (χ4n) is 1.41. The number of benzene rings is 1. The van der Waals surface area contributed by atoms with E-state index in [1.165, 1.54) is 12.1 Å². The molecule has 0 spiro atoms. The lowest BCUT2D eigenvalue weighted by molar-refractivity contribution is 0.628. The molecule has 1 heterocycles. The van der Waals surface area contributed by atoms with Crippen LogP contribution in [-0.2, 0) is 0 Å². The van der Waals surface area contributed by atoms with Gasteiger partial charge in [-0.15, -0.1) is 0 Å². The smallest absolute Gasteiger partial charge is 0.140 e. The van der Waals surface area contributed by atoms with Gasteiger partial charge in [0.2, 0.25) is 0 Å². The molecule has 1 aromatic carbocycles. The number of nitrogens with zero attached hydrogens (tertiary/aromatic N) is 1. The first-order chi connectivity index (χ1) is 8.16. The molecule has 0 fully saturated rings. The van der Waals surface area contributed by atoms with Crippen LogP contribution < -0.4 is 11.1 Å². The van der Waals surface area contributed by atoms with Gasteiger partial charge in [0.15, 0.2) is 0 Å². The van der Waals surface area contributed by atoms with E-state index in [9.17, 15) is 4.39 Å². The fraction of sp³-hybridized carbons (Fsp3) is 0. The Kier molecular flexibility index (Phi) is 3.30. The van der Waals surface area contributed by atoms with E-state index in [0.29, 0.717) is 17.1 Å². The lowest BCUT2D eigenvalue weighted by atomic mass is 10.2. The molecule has 3 nitrogen and oxygen atoms in total. The largest absolute Gasteiger partial charge is 0.389 e. The second kappa shape index (κ2) is 4.88. The zero-order valence-electron chi connectivity index (χ0n) is 8.85. The van der Waals surface area contributed by atoms with Crippen LogP contribution in [0.3, 0.4) is 0 Å². The third kappa shape index (κ3) is 2.76. The minimum absolute atomic E-state index is 0.247. The van der Waals surface area contributed by atoms with Crippen LogP contribution in [0.4, 0.5) is 15.9 Å². The summed E-state index contributed by atoms with van der Waals surface area (Å²) in [7, 11) is 0. The topological polar surface area (TPSA) is 50.9 Å². The summed E-state index contributed by atoms with van der Waals surface area (Å²) in [6.45, 7) is 0. The Labute approximate surface area is 103 Å². The number of anilines is 2. The fourth-order valence-corrected chi connectivity index (χ4v) is 1.57. The maximum Gasteiger partial charge on any atom is 0.140 e. The SMILES string of the molecule is NC(=S)c1cccnc1Nc1cccc(F)c1. The average Bonchev–Trinajstić information content (AvgIpc) is 2.29. The van der Waals surface area contributed by atoms with Gasteiger partial charge < -0.3 is 11.1 Å². The quantitative estimate of drug-likeness (QED) is 0.819. The molecule has 0 aliphatic rings. The number of thiocarbonyl (C=S) groups is 1. The van der Waals surface area contributed by atoms with Gasteiger partial charge in [-0.1, -0.05) is 18.3 Å². The molecule has 1 aromatic heterocycles. The maximum absolute atomic E-state index is 13.0. The van der Waals surface area contributed by atoms with E-state index in [0.717, 1.165) is 0 Å². The zero-order valence-corrected chi connectivity index (χ0v) is 9.67. The lowest BCUT2D eigenvalue weighted by Crippen LogP contribution is -2.12. The van der Waals surface area contributed by atoms with E-state index in [-0.39, 0.29) is 10.8 Å². The molecule has 0 radical (unpaired) electrons. The van der Waals surface area contributed by atoms with Crippen LogP contribution in [0, 0.1) is 5.82 Å². The van der Waals surface area contributed by atoms with E-state index < -0.39 is 0 Å². The van der Waals surface area contributed by atoms with Gasteiger partial charge >= 0.3 is 0 Å². The molecule has 2 rings (SSSR count). The van der Waals surface area contributed by atoms with Gasteiger partial charge in [-0.2, -0.15) is 0 Å². The third-order valence-corrected chi connectivity index (χ3v) is 2.38. The number of aromatic nitrogens is 1. The highest BCUT2D eigenvalue weighted by Crippen LogP contribution is 2.18. The summed E-state index contributed by atoms with van der Waals surface area (Å²) < 4.78 is 13.0. The number of halogens is 1. The number of pyridine rings is 1. The number of rotatable bonds is 3. The molecule has 17 heavy (non-hydrogen) atoms. The average molecular weight is 247 g/mol. The molecule has 3 N–H and O–H groups in total. The van der Waals surface area contributed by atoms with Crippen LogP contribution >= 0.6 is 12.2 Å². The third-order valence-electron chi connectivity index (χ3n) is 2.16. The van der Waals surface area contributed by atoms with E-state index in [4.69, 9.17) is 18.0 Å². The van der Waals surface area contributed by atoms with Crippen molar-refractivity contribution >= 4 is 28.7 Å². The molecule has 2 aromatic rings. The Balaban J connectivity index is 2.33. The summed E-state index contributed by atoms with van der Waals surface area (Å²) in [6.07, 6.45) is 1.61. The molecule has 5 heteroatoms. The van der Waals surface area contributed by atoms with Crippen molar-refractivity contribution in [1.29, 1.82) is 0 Å². The van der Waals surface area contributed by atoms with Crippen LogP contribution in [0.15, 0.2) is 42.6 Å². The monoisotopic (exact) mass is 247 g/mol. The molecule has 86 valence electrons. The van der Waals surface area contributed by atoms with Crippen molar-refractivity contribution in [2.24, 2.45) is 5.73 Å². The summed E-state index contributed by atoms with van der Waals surface area (Å²) >= 11 is 4.92. The highest BCUT2D eigenvalue weighted by molar-refractivity contribution is 7.80. The van der Waals surface area contributed by atoms with Crippen LogP contribution in [0.1, 0.15) is 5.56 Å². The summed E-state index contributed by atoms with van der Waals surface area (Å²) in [5.74, 6) is 0.202. The van der Waals surface area contributed by atoms with Crippen LogP contribution in [0.2, 0.25) is 0 Å². The van der Waals surface area contributed by atoms with Crippen molar-refractivity contribution in [3.63, 3.8) is 0 Å². The van der Waals surface area contributed by atoms with Gasteiger partial charge in [0.05, 0.1) is 5.56 Å². The molecule has 0 aliphatic carbocycles. The van der Waals surface area contributed by atoms with Crippen LogP contribution in [0.5, 0.6) is 0 Å². The maximum atomic E-state index is 13.0. The molecule has 0 saturated carbocycles. The second-order valence-corrected chi connectivity index (χ2v) is 3.84. The molecule has 0 atom stereocenters. The number of hydrogen-bond donors (Lipinski definition) is 2. The zero-order chi connectivity index (χ0) is 12.3. The van der Waals surface area contributed by atoms with Gasteiger partial charge in [-0.25, -0.2) is 9.37 Å². The molecular formula is C12H10FN3S. The van der Waals surface area contributed by atoms with Crippen molar-refractivity contribution in [3.8, 4) is 0 Å². The Morgan fingerprint density at radius 1 is 1.29 bits per heavy atom. The minimum Gasteiger partial charge on any atom is -0.389 e. The van der Waals surface area contributed by atoms with Crippen molar-refractivity contribution in [2.45, 2.75) is 0 Å².